The molecule has 6 heteroatoms. The summed E-state index contributed by atoms with van der Waals surface area (Å²) >= 11 is 5.91. The Balaban J connectivity index is 0.00000242. The fourth-order valence-electron chi connectivity index (χ4n) is 2.75. The number of ether oxygens (including phenoxy) is 1. The summed E-state index contributed by atoms with van der Waals surface area (Å²) in [5.74, 6) is 1.33. The first-order valence-corrected chi connectivity index (χ1v) is 7.79. The monoisotopic (exact) mass is 346 g/mol. The van der Waals surface area contributed by atoms with E-state index in [4.69, 9.17) is 16.3 Å². The smallest absolute Gasteiger partial charge is 0.260 e. The van der Waals surface area contributed by atoms with Crippen molar-refractivity contribution < 1.29 is 9.53 Å². The van der Waals surface area contributed by atoms with Crippen molar-refractivity contribution in [2.75, 3.05) is 33.3 Å². The number of amides is 1. The number of halogens is 2. The van der Waals surface area contributed by atoms with Crippen molar-refractivity contribution in [3.05, 3.63) is 28.8 Å². The molecule has 1 unspecified atom stereocenters. The van der Waals surface area contributed by atoms with E-state index in [0.29, 0.717) is 10.9 Å². The molecule has 0 saturated carbocycles. The molecule has 2 rings (SSSR count). The Hall–Kier alpha value is -0.970. The van der Waals surface area contributed by atoms with Crippen molar-refractivity contribution in [2.45, 2.75) is 19.8 Å². The molecule has 124 valence electrons. The largest absolute Gasteiger partial charge is 0.483 e. The number of aryl methyl sites for hydroxylation is 1. The van der Waals surface area contributed by atoms with Gasteiger partial charge in [0.15, 0.2) is 6.61 Å². The first-order valence-electron chi connectivity index (χ1n) is 7.41. The van der Waals surface area contributed by atoms with Crippen LogP contribution in [0.3, 0.4) is 0 Å². The number of benzene rings is 1. The molecule has 1 atom stereocenters. The standard InChI is InChI=1S/C16H23ClN2O2.ClH/c1-12-8-14(17)5-6-15(12)21-11-16(20)19-7-3-4-13(10-19)9-18-2;/h5-6,8,13,18H,3-4,7,9-11H2,1-2H3;1H. The van der Waals surface area contributed by atoms with Gasteiger partial charge in [-0.25, -0.2) is 0 Å². The molecule has 1 saturated heterocycles. The minimum Gasteiger partial charge on any atom is -0.483 e. The van der Waals surface area contributed by atoms with Gasteiger partial charge in [0, 0.05) is 18.1 Å². The second-order valence-corrected chi connectivity index (χ2v) is 6.04. The summed E-state index contributed by atoms with van der Waals surface area (Å²) < 4.78 is 5.64. The lowest BCUT2D eigenvalue weighted by Gasteiger charge is -2.32. The van der Waals surface area contributed by atoms with Crippen molar-refractivity contribution in [1.29, 1.82) is 0 Å². The van der Waals surface area contributed by atoms with Crippen LogP contribution in [0.4, 0.5) is 0 Å². The minimum absolute atomic E-state index is 0. The van der Waals surface area contributed by atoms with Gasteiger partial charge in [-0.1, -0.05) is 11.6 Å². The number of carbonyl (C=O) groups excluding carboxylic acids is 1. The third-order valence-corrected chi connectivity index (χ3v) is 4.09. The van der Waals surface area contributed by atoms with E-state index < -0.39 is 0 Å². The van der Waals surface area contributed by atoms with E-state index in [2.05, 4.69) is 5.32 Å². The van der Waals surface area contributed by atoms with Gasteiger partial charge in [-0.2, -0.15) is 0 Å². The molecule has 0 bridgehead atoms. The minimum atomic E-state index is 0. The molecule has 0 spiro atoms. The number of hydrogen-bond acceptors (Lipinski definition) is 3. The van der Waals surface area contributed by atoms with E-state index >= 15 is 0 Å². The Labute approximate surface area is 143 Å². The summed E-state index contributed by atoms with van der Waals surface area (Å²) in [6.45, 7) is 4.63. The first kappa shape index (κ1) is 19.1. The molecular formula is C16H24Cl2N2O2. The lowest BCUT2D eigenvalue weighted by molar-refractivity contribution is -0.135. The van der Waals surface area contributed by atoms with Crippen molar-refractivity contribution in [3.8, 4) is 5.75 Å². The van der Waals surface area contributed by atoms with Gasteiger partial charge in [0.25, 0.3) is 5.91 Å². The van der Waals surface area contributed by atoms with Crippen molar-refractivity contribution in [3.63, 3.8) is 0 Å². The maximum Gasteiger partial charge on any atom is 0.260 e. The number of piperidine rings is 1. The predicted octanol–water partition coefficient (Wildman–Crippen LogP) is 2.91. The van der Waals surface area contributed by atoms with E-state index in [0.717, 1.165) is 37.4 Å². The topological polar surface area (TPSA) is 41.6 Å². The zero-order valence-corrected chi connectivity index (χ0v) is 14.7. The highest BCUT2D eigenvalue weighted by Gasteiger charge is 2.23. The summed E-state index contributed by atoms with van der Waals surface area (Å²) in [7, 11) is 1.95. The number of nitrogens with one attached hydrogen (secondary N) is 1. The molecule has 0 radical (unpaired) electrons. The van der Waals surface area contributed by atoms with E-state index in [1.165, 1.54) is 6.42 Å². The van der Waals surface area contributed by atoms with Crippen molar-refractivity contribution in [1.82, 2.24) is 10.2 Å². The third kappa shape index (κ3) is 5.34. The fourth-order valence-corrected chi connectivity index (χ4v) is 2.98. The van der Waals surface area contributed by atoms with Crippen molar-refractivity contribution in [2.24, 2.45) is 5.92 Å². The molecule has 1 aromatic carbocycles. The summed E-state index contributed by atoms with van der Waals surface area (Å²) in [6, 6.07) is 5.42. The second kappa shape index (κ2) is 9.23. The van der Waals surface area contributed by atoms with Crippen LogP contribution in [0, 0.1) is 12.8 Å². The van der Waals surface area contributed by atoms with Gasteiger partial charge in [0.2, 0.25) is 0 Å². The van der Waals surface area contributed by atoms with Crippen LogP contribution in [0.15, 0.2) is 18.2 Å². The van der Waals surface area contributed by atoms with Crippen LogP contribution in [0.2, 0.25) is 5.02 Å². The Morgan fingerprint density at radius 3 is 2.95 bits per heavy atom. The second-order valence-electron chi connectivity index (χ2n) is 5.60. The molecule has 0 aromatic heterocycles. The Kier molecular flexibility index (Phi) is 8.01. The Bertz CT molecular complexity index is 495. The van der Waals surface area contributed by atoms with Crippen LogP contribution in [-0.4, -0.2) is 44.1 Å². The van der Waals surface area contributed by atoms with E-state index in [1.807, 2.05) is 31.0 Å². The van der Waals surface area contributed by atoms with Crippen LogP contribution in [0.25, 0.3) is 0 Å². The lowest BCUT2D eigenvalue weighted by atomic mass is 9.98. The molecule has 1 aliphatic rings. The summed E-state index contributed by atoms with van der Waals surface area (Å²) in [4.78, 5) is 14.2. The molecule has 1 heterocycles. The molecule has 0 aliphatic carbocycles. The molecule has 1 amide bonds. The highest BCUT2D eigenvalue weighted by atomic mass is 35.5. The van der Waals surface area contributed by atoms with Crippen LogP contribution < -0.4 is 10.1 Å². The Morgan fingerprint density at radius 1 is 1.50 bits per heavy atom. The summed E-state index contributed by atoms with van der Waals surface area (Å²) in [6.07, 6.45) is 2.25. The Morgan fingerprint density at radius 2 is 2.27 bits per heavy atom. The van der Waals surface area contributed by atoms with E-state index in [-0.39, 0.29) is 24.9 Å². The molecule has 1 fully saturated rings. The zero-order chi connectivity index (χ0) is 15.2. The first-order chi connectivity index (χ1) is 10.1. The average molecular weight is 347 g/mol. The summed E-state index contributed by atoms with van der Waals surface area (Å²) in [5.41, 5.74) is 0.946. The van der Waals surface area contributed by atoms with E-state index in [1.54, 1.807) is 6.07 Å². The van der Waals surface area contributed by atoms with Gasteiger partial charge < -0.3 is 15.0 Å². The zero-order valence-electron chi connectivity index (χ0n) is 13.1. The normalized spacial score (nSPS) is 17.8. The highest BCUT2D eigenvalue weighted by Crippen LogP contribution is 2.22. The molecule has 22 heavy (non-hydrogen) atoms. The van der Waals surface area contributed by atoms with E-state index in [9.17, 15) is 4.79 Å². The van der Waals surface area contributed by atoms with Gasteiger partial charge >= 0.3 is 0 Å². The third-order valence-electron chi connectivity index (χ3n) is 3.85. The number of hydrogen-bond donors (Lipinski definition) is 1. The highest BCUT2D eigenvalue weighted by molar-refractivity contribution is 6.30. The van der Waals surface area contributed by atoms with Gasteiger partial charge in [0.1, 0.15) is 5.75 Å². The number of nitrogens with zero attached hydrogens (tertiary/aromatic N) is 1. The van der Waals surface area contributed by atoms with Gasteiger partial charge in [-0.05, 0) is 63.0 Å². The number of carbonyl (C=O) groups is 1. The molecule has 1 N–H and O–H groups in total. The lowest BCUT2D eigenvalue weighted by Crippen LogP contribution is -2.44. The van der Waals surface area contributed by atoms with Crippen LogP contribution in [-0.2, 0) is 4.79 Å². The van der Waals surface area contributed by atoms with Gasteiger partial charge in [-0.3, -0.25) is 4.79 Å². The number of likely N-dealkylation sites (tertiary alicyclic amines) is 1. The maximum atomic E-state index is 12.3. The fraction of sp³-hybridized carbons (Fsp3) is 0.562. The maximum absolute atomic E-state index is 12.3. The van der Waals surface area contributed by atoms with Gasteiger partial charge in [0.05, 0.1) is 0 Å². The van der Waals surface area contributed by atoms with Crippen LogP contribution >= 0.6 is 24.0 Å². The number of rotatable bonds is 5. The van der Waals surface area contributed by atoms with Crippen LogP contribution in [0.1, 0.15) is 18.4 Å². The predicted molar refractivity (Wildman–Crippen MR) is 92.2 cm³/mol. The quantitative estimate of drug-likeness (QED) is 0.891. The average Bonchev–Trinajstić information content (AvgIpc) is 2.47. The van der Waals surface area contributed by atoms with Crippen molar-refractivity contribution >= 4 is 29.9 Å². The molecular weight excluding hydrogens is 323 g/mol. The van der Waals surface area contributed by atoms with Gasteiger partial charge in [-0.15, -0.1) is 12.4 Å². The SMILES string of the molecule is CNCC1CCCN(C(=O)COc2ccc(Cl)cc2C)C1.Cl. The van der Waals surface area contributed by atoms with Crippen LogP contribution in [0.5, 0.6) is 5.75 Å². The molecule has 1 aromatic rings. The summed E-state index contributed by atoms with van der Waals surface area (Å²) in [5, 5.41) is 3.86. The molecule has 4 nitrogen and oxygen atoms in total. The molecule has 1 aliphatic heterocycles.